The Morgan fingerprint density at radius 2 is 1.82 bits per heavy atom. The van der Waals surface area contributed by atoms with Crippen molar-refractivity contribution in [2.45, 2.75) is 6.18 Å². The molecule has 0 aliphatic carbocycles. The van der Waals surface area contributed by atoms with Crippen LogP contribution in [-0.4, -0.2) is 31.4 Å². The number of carboxylic acids is 1. The Balaban J connectivity index is 5.38. The van der Waals surface area contributed by atoms with Gasteiger partial charge in [-0.2, -0.15) is 13.2 Å². The van der Waals surface area contributed by atoms with Gasteiger partial charge < -0.3 is 5.11 Å². The number of sulfone groups is 1. The van der Waals surface area contributed by atoms with Gasteiger partial charge in [0.05, 0.1) is 4.91 Å². The van der Waals surface area contributed by atoms with Crippen LogP contribution in [0.25, 0.3) is 0 Å². The van der Waals surface area contributed by atoms with Crippen molar-refractivity contribution < 1.29 is 31.5 Å². The zero-order chi connectivity index (χ0) is 13.9. The largest absolute Gasteiger partial charge is 0.480 e. The summed E-state index contributed by atoms with van der Waals surface area (Å²) in [6, 6.07) is 0. The number of halogens is 3. The SMILES string of the molecule is C=C/C(=C\C(=C)C(F)(F)F)S(=O)(=O)CC(=O)O. The first-order valence-corrected chi connectivity index (χ1v) is 5.70. The Bertz CT molecular complexity index is 471. The molecule has 0 aliphatic rings. The summed E-state index contributed by atoms with van der Waals surface area (Å²) in [6.45, 7) is 5.67. The summed E-state index contributed by atoms with van der Waals surface area (Å²) >= 11 is 0. The fraction of sp³-hybridized carbons (Fsp3) is 0.222. The van der Waals surface area contributed by atoms with Crippen molar-refractivity contribution in [2.75, 3.05) is 5.75 Å². The number of aliphatic carboxylic acids is 1. The maximum Gasteiger partial charge on any atom is 0.415 e. The molecule has 17 heavy (non-hydrogen) atoms. The highest BCUT2D eigenvalue weighted by atomic mass is 32.2. The first-order valence-electron chi connectivity index (χ1n) is 4.05. The highest BCUT2D eigenvalue weighted by Crippen LogP contribution is 2.27. The van der Waals surface area contributed by atoms with Crippen LogP contribution < -0.4 is 0 Å². The molecule has 0 aromatic heterocycles. The topological polar surface area (TPSA) is 71.4 Å². The van der Waals surface area contributed by atoms with Gasteiger partial charge in [-0.15, -0.1) is 0 Å². The average molecular weight is 270 g/mol. The molecule has 0 unspecified atom stereocenters. The van der Waals surface area contributed by atoms with Crippen LogP contribution in [0.15, 0.2) is 35.8 Å². The van der Waals surface area contributed by atoms with Crippen molar-refractivity contribution in [1.82, 2.24) is 0 Å². The van der Waals surface area contributed by atoms with Gasteiger partial charge in [0.1, 0.15) is 0 Å². The number of carbonyl (C=O) groups is 1. The van der Waals surface area contributed by atoms with Crippen molar-refractivity contribution in [2.24, 2.45) is 0 Å². The van der Waals surface area contributed by atoms with E-state index in [2.05, 4.69) is 13.2 Å². The zero-order valence-corrected chi connectivity index (χ0v) is 9.31. The van der Waals surface area contributed by atoms with Gasteiger partial charge in [0, 0.05) is 5.57 Å². The van der Waals surface area contributed by atoms with Gasteiger partial charge >= 0.3 is 12.1 Å². The fourth-order valence-corrected chi connectivity index (χ4v) is 1.84. The fourth-order valence-electron chi connectivity index (χ4n) is 0.775. The van der Waals surface area contributed by atoms with Gasteiger partial charge in [-0.05, 0) is 6.08 Å². The molecule has 0 spiro atoms. The minimum atomic E-state index is -4.78. The van der Waals surface area contributed by atoms with Crippen molar-refractivity contribution >= 4 is 15.8 Å². The normalized spacial score (nSPS) is 13.2. The summed E-state index contributed by atoms with van der Waals surface area (Å²) in [5.74, 6) is -2.98. The van der Waals surface area contributed by atoms with Crippen LogP contribution in [-0.2, 0) is 14.6 Å². The van der Waals surface area contributed by atoms with Crippen LogP contribution in [0.1, 0.15) is 0 Å². The summed E-state index contributed by atoms with van der Waals surface area (Å²) in [4.78, 5) is 9.40. The quantitative estimate of drug-likeness (QED) is 0.771. The molecule has 0 amide bonds. The van der Waals surface area contributed by atoms with Gasteiger partial charge in [-0.25, -0.2) is 8.42 Å². The maximum atomic E-state index is 12.1. The minimum absolute atomic E-state index is 0.241. The van der Waals surface area contributed by atoms with E-state index in [9.17, 15) is 26.4 Å². The number of carboxylic acid groups (broad SMARTS) is 1. The number of rotatable bonds is 5. The second kappa shape index (κ2) is 5.17. The van der Waals surface area contributed by atoms with E-state index in [1.807, 2.05) is 0 Å². The molecule has 0 rings (SSSR count). The molecule has 0 saturated heterocycles. The maximum absolute atomic E-state index is 12.1. The van der Waals surface area contributed by atoms with Crippen LogP contribution in [0.5, 0.6) is 0 Å². The Labute approximate surface area is 95.7 Å². The molecule has 0 aliphatic heterocycles. The third kappa shape index (κ3) is 4.85. The second-order valence-corrected chi connectivity index (χ2v) is 4.92. The van der Waals surface area contributed by atoms with Crippen molar-refractivity contribution in [3.8, 4) is 0 Å². The molecule has 0 heterocycles. The number of hydrogen-bond donors (Lipinski definition) is 1. The molecular weight excluding hydrogens is 261 g/mol. The van der Waals surface area contributed by atoms with E-state index >= 15 is 0 Å². The predicted octanol–water partition coefficient (Wildman–Crippen LogP) is 1.67. The number of hydrogen-bond acceptors (Lipinski definition) is 3. The second-order valence-electron chi connectivity index (χ2n) is 2.93. The lowest BCUT2D eigenvalue weighted by Gasteiger charge is -2.07. The summed E-state index contributed by atoms with van der Waals surface area (Å²) in [6.07, 6.45) is -3.91. The highest BCUT2D eigenvalue weighted by molar-refractivity contribution is 7.96. The summed E-state index contributed by atoms with van der Waals surface area (Å²) in [5.41, 5.74) is -1.40. The zero-order valence-electron chi connectivity index (χ0n) is 8.49. The van der Waals surface area contributed by atoms with Crippen molar-refractivity contribution in [3.05, 3.63) is 35.8 Å². The molecule has 0 radical (unpaired) electrons. The summed E-state index contributed by atoms with van der Waals surface area (Å²) in [7, 11) is -4.34. The van der Waals surface area contributed by atoms with E-state index in [-0.39, 0.29) is 6.08 Å². The lowest BCUT2D eigenvalue weighted by molar-refractivity contribution is -0.134. The van der Waals surface area contributed by atoms with Crippen molar-refractivity contribution in [1.29, 1.82) is 0 Å². The van der Waals surface area contributed by atoms with E-state index in [4.69, 9.17) is 5.11 Å². The van der Waals surface area contributed by atoms with E-state index in [0.717, 1.165) is 0 Å². The lowest BCUT2D eigenvalue weighted by atomic mass is 10.2. The van der Waals surface area contributed by atoms with Gasteiger partial charge in [-0.3, -0.25) is 4.79 Å². The highest BCUT2D eigenvalue weighted by Gasteiger charge is 2.32. The van der Waals surface area contributed by atoms with Crippen LogP contribution in [0.2, 0.25) is 0 Å². The molecule has 1 N–H and O–H groups in total. The van der Waals surface area contributed by atoms with E-state index in [1.54, 1.807) is 0 Å². The Kier molecular flexibility index (Phi) is 4.70. The van der Waals surface area contributed by atoms with Crippen LogP contribution in [0.4, 0.5) is 13.2 Å². The summed E-state index contributed by atoms with van der Waals surface area (Å²) < 4.78 is 58.9. The smallest absolute Gasteiger partial charge is 0.415 e. The van der Waals surface area contributed by atoms with Gasteiger partial charge in [0.15, 0.2) is 15.6 Å². The van der Waals surface area contributed by atoms with Crippen LogP contribution in [0.3, 0.4) is 0 Å². The van der Waals surface area contributed by atoms with Gasteiger partial charge in [0.2, 0.25) is 0 Å². The molecule has 0 atom stereocenters. The molecule has 4 nitrogen and oxygen atoms in total. The average Bonchev–Trinajstić information content (AvgIpc) is 2.09. The third-order valence-corrected chi connectivity index (χ3v) is 3.18. The molecule has 8 heteroatoms. The molecule has 0 fully saturated rings. The van der Waals surface area contributed by atoms with Gasteiger partial charge in [-0.1, -0.05) is 19.2 Å². The molecule has 0 aromatic rings. The first kappa shape index (κ1) is 15.4. The Morgan fingerprint density at radius 3 is 2.12 bits per heavy atom. The standard InChI is InChI=1S/C9H9F3O4S/c1-3-7(4-6(2)9(10,11)12)17(15,16)5-8(13)14/h3-4H,1-2,5H2,(H,13,14)/b7-4+. The van der Waals surface area contributed by atoms with Crippen LogP contribution >= 0.6 is 0 Å². The monoisotopic (exact) mass is 270 g/mol. The predicted molar refractivity (Wildman–Crippen MR) is 54.9 cm³/mol. The molecule has 0 saturated carbocycles. The van der Waals surface area contributed by atoms with E-state index < -0.39 is 38.2 Å². The molecule has 0 aromatic carbocycles. The number of alkyl halides is 3. The Hall–Kier alpha value is -1.57. The van der Waals surface area contributed by atoms with E-state index in [1.165, 1.54) is 0 Å². The minimum Gasteiger partial charge on any atom is -0.480 e. The number of allylic oxidation sites excluding steroid dienone is 3. The van der Waals surface area contributed by atoms with Crippen LogP contribution in [0, 0.1) is 0 Å². The van der Waals surface area contributed by atoms with E-state index in [0.29, 0.717) is 6.08 Å². The molecule has 0 bridgehead atoms. The van der Waals surface area contributed by atoms with Crippen molar-refractivity contribution in [3.63, 3.8) is 0 Å². The molecular formula is C9H9F3O4S. The summed E-state index contributed by atoms with van der Waals surface area (Å²) in [5, 5.41) is 8.30. The lowest BCUT2D eigenvalue weighted by Crippen LogP contribution is -2.17. The molecule has 96 valence electrons. The van der Waals surface area contributed by atoms with Gasteiger partial charge in [0.25, 0.3) is 0 Å². The Morgan fingerprint density at radius 1 is 1.35 bits per heavy atom. The first-order chi connectivity index (χ1) is 7.50. The third-order valence-electron chi connectivity index (χ3n) is 1.55.